The Labute approximate surface area is 242 Å². The van der Waals surface area contributed by atoms with Gasteiger partial charge < -0.3 is 4.42 Å². The lowest BCUT2D eigenvalue weighted by molar-refractivity contribution is 0.669. The summed E-state index contributed by atoms with van der Waals surface area (Å²) in [7, 11) is 0. The number of hydrogen-bond donors (Lipinski definition) is 0. The highest BCUT2D eigenvalue weighted by Crippen LogP contribution is 2.37. The topological polar surface area (TPSA) is 13.1 Å². The van der Waals surface area contributed by atoms with Crippen molar-refractivity contribution in [3.8, 4) is 22.3 Å². The van der Waals surface area contributed by atoms with Crippen LogP contribution in [-0.2, 0) is 0 Å². The second-order valence-electron chi connectivity index (χ2n) is 10.6. The molecule has 0 N–H and O–H groups in total. The fourth-order valence-corrected chi connectivity index (χ4v) is 6.21. The van der Waals surface area contributed by atoms with Gasteiger partial charge in [-0.05, 0) is 102 Å². The fraction of sp³-hybridized carbons (Fsp3) is 0. The molecular weight excluding hydrogens is 496 g/mol. The SMILES string of the molecule is [2H]c1c([2H])c(-c2ccc3oc4ccc5ccccc5c4c3c2)c([2H])c([2H])c1-c1ccc2c(ccc3cc4ccccc4cc32)c1. The van der Waals surface area contributed by atoms with E-state index in [2.05, 4.69) is 48.5 Å². The largest absolute Gasteiger partial charge is 0.456 e. The summed E-state index contributed by atoms with van der Waals surface area (Å²) in [6.07, 6.45) is 0. The maximum Gasteiger partial charge on any atom is 0.136 e. The van der Waals surface area contributed by atoms with Gasteiger partial charge in [0.1, 0.15) is 11.2 Å². The van der Waals surface area contributed by atoms with E-state index in [9.17, 15) is 0 Å². The Kier molecular flexibility index (Phi) is 3.92. The third-order valence-electron chi connectivity index (χ3n) is 8.26. The number of rotatable bonds is 2. The van der Waals surface area contributed by atoms with Gasteiger partial charge >= 0.3 is 0 Å². The molecule has 0 aliphatic carbocycles. The Morgan fingerprint density at radius 2 is 0.976 bits per heavy atom. The number of fused-ring (bicyclic) bond motifs is 9. The molecule has 1 aromatic heterocycles. The van der Waals surface area contributed by atoms with Crippen molar-refractivity contribution in [3.63, 3.8) is 0 Å². The molecule has 0 amide bonds. The zero-order chi connectivity index (χ0) is 30.4. The number of furan rings is 1. The van der Waals surface area contributed by atoms with Crippen molar-refractivity contribution >= 4 is 65.0 Å². The van der Waals surface area contributed by atoms with E-state index in [4.69, 9.17) is 9.90 Å². The van der Waals surface area contributed by atoms with Crippen molar-refractivity contribution in [1.82, 2.24) is 0 Å². The summed E-state index contributed by atoms with van der Waals surface area (Å²) >= 11 is 0. The summed E-state index contributed by atoms with van der Waals surface area (Å²) in [5.41, 5.74) is 3.36. The number of hydrogen-bond acceptors (Lipinski definition) is 1. The minimum Gasteiger partial charge on any atom is -0.456 e. The van der Waals surface area contributed by atoms with Crippen molar-refractivity contribution < 1.29 is 9.90 Å². The molecule has 190 valence electrons. The van der Waals surface area contributed by atoms with Crippen LogP contribution in [0.3, 0.4) is 0 Å². The summed E-state index contributed by atoms with van der Waals surface area (Å²) in [5, 5.41) is 10.8. The van der Waals surface area contributed by atoms with Gasteiger partial charge in [-0.15, -0.1) is 0 Å². The van der Waals surface area contributed by atoms with Crippen LogP contribution in [0, 0.1) is 0 Å². The zero-order valence-electron chi connectivity index (χ0n) is 26.0. The van der Waals surface area contributed by atoms with Gasteiger partial charge in [0.2, 0.25) is 0 Å². The standard InChI is InChI=1S/C40H24O/c1-2-7-29-23-36-33(21-28(29)6-1)14-13-32-22-30(15-18-34(32)36)25-9-11-26(12-10-25)31-17-19-38-37(24-31)40-35-8-4-3-5-27(35)16-20-39(40)41-38/h1-24H/i9D,10D,11D,12D. The zero-order valence-corrected chi connectivity index (χ0v) is 22.0. The molecule has 1 heterocycles. The van der Waals surface area contributed by atoms with Gasteiger partial charge in [-0.3, -0.25) is 0 Å². The van der Waals surface area contributed by atoms with Crippen LogP contribution >= 0.6 is 0 Å². The van der Waals surface area contributed by atoms with Gasteiger partial charge in [-0.25, -0.2) is 0 Å². The second kappa shape index (κ2) is 8.55. The maximum absolute atomic E-state index is 9.06. The molecule has 41 heavy (non-hydrogen) atoms. The molecule has 8 aromatic carbocycles. The first-order chi connectivity index (χ1) is 22.0. The van der Waals surface area contributed by atoms with Crippen LogP contribution in [0.5, 0.6) is 0 Å². The van der Waals surface area contributed by atoms with Gasteiger partial charge in [0.25, 0.3) is 0 Å². The van der Waals surface area contributed by atoms with Crippen LogP contribution in [0.15, 0.2) is 150 Å². The van der Waals surface area contributed by atoms with Gasteiger partial charge in [-0.1, -0.05) is 109 Å². The Hall–Kier alpha value is -5.40. The molecule has 0 fully saturated rings. The monoisotopic (exact) mass is 524 g/mol. The van der Waals surface area contributed by atoms with E-state index in [1.807, 2.05) is 72.8 Å². The molecule has 0 spiro atoms. The van der Waals surface area contributed by atoms with E-state index < -0.39 is 0 Å². The van der Waals surface area contributed by atoms with E-state index in [1.165, 1.54) is 10.8 Å². The van der Waals surface area contributed by atoms with Crippen molar-refractivity contribution in [3.05, 3.63) is 145 Å². The predicted molar refractivity (Wildman–Crippen MR) is 175 cm³/mol. The Balaban J connectivity index is 1.21. The van der Waals surface area contributed by atoms with Crippen LogP contribution in [0.1, 0.15) is 5.48 Å². The summed E-state index contributed by atoms with van der Waals surface area (Å²) in [4.78, 5) is 0. The quantitative estimate of drug-likeness (QED) is 0.162. The third-order valence-corrected chi connectivity index (χ3v) is 8.26. The molecule has 0 radical (unpaired) electrons. The van der Waals surface area contributed by atoms with Crippen molar-refractivity contribution in [2.24, 2.45) is 0 Å². The van der Waals surface area contributed by atoms with Gasteiger partial charge in [0, 0.05) is 10.8 Å². The molecule has 0 bridgehead atoms. The first-order valence-electron chi connectivity index (χ1n) is 15.8. The minimum atomic E-state index is -0.0620. The highest BCUT2D eigenvalue weighted by Gasteiger charge is 2.12. The average molecular weight is 525 g/mol. The first-order valence-corrected chi connectivity index (χ1v) is 13.8. The summed E-state index contributed by atoms with van der Waals surface area (Å²) in [6.45, 7) is 0. The summed E-state index contributed by atoms with van der Waals surface area (Å²) < 4.78 is 42.4. The molecule has 1 heteroatoms. The second-order valence-corrected chi connectivity index (χ2v) is 10.6. The van der Waals surface area contributed by atoms with Crippen LogP contribution in [0.25, 0.3) is 87.3 Å². The lowest BCUT2D eigenvalue weighted by Crippen LogP contribution is -1.83. The smallest absolute Gasteiger partial charge is 0.136 e. The van der Waals surface area contributed by atoms with Gasteiger partial charge in [0.05, 0.1) is 5.48 Å². The Bertz CT molecular complexity index is 2680. The maximum atomic E-state index is 9.06. The molecule has 1 nitrogen and oxygen atoms in total. The Morgan fingerprint density at radius 3 is 1.78 bits per heavy atom. The summed E-state index contributed by atoms with van der Waals surface area (Å²) in [5.74, 6) is 0. The molecular formula is C40H24O. The van der Waals surface area contributed by atoms with Crippen molar-refractivity contribution in [2.75, 3.05) is 0 Å². The highest BCUT2D eigenvalue weighted by atomic mass is 16.3. The van der Waals surface area contributed by atoms with E-state index in [-0.39, 0.29) is 29.7 Å². The van der Waals surface area contributed by atoms with Crippen LogP contribution in [-0.4, -0.2) is 0 Å². The van der Waals surface area contributed by atoms with Gasteiger partial charge in [0.15, 0.2) is 0 Å². The lowest BCUT2D eigenvalue weighted by Gasteiger charge is -2.10. The molecule has 0 aliphatic heterocycles. The van der Waals surface area contributed by atoms with E-state index in [1.54, 1.807) is 0 Å². The molecule has 0 atom stereocenters. The Morgan fingerprint density at radius 1 is 0.366 bits per heavy atom. The van der Waals surface area contributed by atoms with Crippen LogP contribution in [0.4, 0.5) is 0 Å². The van der Waals surface area contributed by atoms with Gasteiger partial charge in [-0.2, -0.15) is 0 Å². The van der Waals surface area contributed by atoms with E-state index >= 15 is 0 Å². The minimum absolute atomic E-state index is 0.0558. The first kappa shape index (κ1) is 18.8. The predicted octanol–water partition coefficient (Wildman–Crippen LogP) is 11.5. The van der Waals surface area contributed by atoms with Crippen molar-refractivity contribution in [1.29, 1.82) is 0 Å². The molecule has 9 rings (SSSR count). The third kappa shape index (κ3) is 3.49. The van der Waals surface area contributed by atoms with E-state index in [0.29, 0.717) is 22.3 Å². The highest BCUT2D eigenvalue weighted by molar-refractivity contribution is 6.19. The normalized spacial score (nSPS) is 13.3. The molecule has 0 saturated heterocycles. The molecule has 0 aliphatic rings. The van der Waals surface area contributed by atoms with Crippen LogP contribution < -0.4 is 0 Å². The summed E-state index contributed by atoms with van der Waals surface area (Å²) in [6, 6.07) is 40.3. The average Bonchev–Trinajstić information content (AvgIpc) is 3.45. The van der Waals surface area contributed by atoms with Crippen LogP contribution in [0.2, 0.25) is 0 Å². The number of benzene rings is 8. The van der Waals surface area contributed by atoms with E-state index in [0.717, 1.165) is 48.7 Å². The molecule has 0 unspecified atom stereocenters. The van der Waals surface area contributed by atoms with Crippen molar-refractivity contribution in [2.45, 2.75) is 0 Å². The molecule has 0 saturated carbocycles. The fourth-order valence-electron chi connectivity index (χ4n) is 6.21. The lowest BCUT2D eigenvalue weighted by atomic mass is 9.94. The molecule has 9 aromatic rings.